The van der Waals surface area contributed by atoms with E-state index >= 15 is 8.78 Å². The van der Waals surface area contributed by atoms with Crippen molar-refractivity contribution in [2.75, 3.05) is 32.4 Å². The smallest absolute Gasteiger partial charge is 0.407 e. The molecule has 59 heavy (non-hydrogen) atoms. The Kier molecular flexibility index (Phi) is 15.8. The fourth-order valence-electron chi connectivity index (χ4n) is 6.89. The summed E-state index contributed by atoms with van der Waals surface area (Å²) in [7, 11) is -1.96. The minimum atomic E-state index is -1.96. The van der Waals surface area contributed by atoms with Gasteiger partial charge in [0.25, 0.3) is 0 Å². The topological polar surface area (TPSA) is 136 Å². The standard InChI is InChI=1S/C46H52F2N3O7P/c1-32-36-30-38(47)43(56-28-17-27-51-45(55)58-46(2,3)4)41(48)42(36)57-44(54)37(32)31-40(53)50-26-16-25-49-39(52)24-14-15-29-59(33-18-8-5-9-19-33,34-20-10-6-11-21-34)35-22-12-7-13-23-35/h5-13,18-23,30H,14-17,24-29,31H2,1-4H3,(H2-,49,50,51,52,53,55)/p+1. The lowest BCUT2D eigenvalue weighted by Crippen LogP contribution is -2.33. The van der Waals surface area contributed by atoms with Crippen LogP contribution in [0.1, 0.15) is 64.0 Å². The Morgan fingerprint density at radius 1 is 0.729 bits per heavy atom. The van der Waals surface area contributed by atoms with Crippen LogP contribution in [-0.2, 0) is 20.7 Å². The van der Waals surface area contributed by atoms with Gasteiger partial charge in [-0.25, -0.2) is 14.0 Å². The number of nitrogens with one attached hydrogen (secondary N) is 3. The van der Waals surface area contributed by atoms with Gasteiger partial charge in [-0.05, 0) is 101 Å². The van der Waals surface area contributed by atoms with E-state index in [0.29, 0.717) is 19.4 Å². The van der Waals surface area contributed by atoms with Crippen LogP contribution in [0.3, 0.4) is 0 Å². The van der Waals surface area contributed by atoms with Gasteiger partial charge in [-0.15, -0.1) is 0 Å². The molecule has 0 aliphatic carbocycles. The molecule has 0 atom stereocenters. The zero-order valence-corrected chi connectivity index (χ0v) is 35.0. The number of unbranched alkanes of at least 4 members (excludes halogenated alkanes) is 1. The number of amides is 3. The van der Waals surface area contributed by atoms with Crippen molar-refractivity contribution in [2.24, 2.45) is 0 Å². The van der Waals surface area contributed by atoms with Crippen LogP contribution < -0.4 is 42.2 Å². The molecule has 0 fully saturated rings. The maximum atomic E-state index is 15.3. The van der Waals surface area contributed by atoms with Crippen LogP contribution in [0.5, 0.6) is 5.75 Å². The summed E-state index contributed by atoms with van der Waals surface area (Å²) in [6.45, 7) is 7.27. The van der Waals surface area contributed by atoms with Crippen LogP contribution in [0.25, 0.3) is 11.0 Å². The maximum absolute atomic E-state index is 15.3. The number of aryl methyl sites for hydroxylation is 1. The highest BCUT2D eigenvalue weighted by Gasteiger charge is 2.44. The molecule has 13 heteroatoms. The van der Waals surface area contributed by atoms with Crippen LogP contribution in [0, 0.1) is 18.6 Å². The van der Waals surface area contributed by atoms with E-state index in [1.807, 2.05) is 18.2 Å². The minimum Gasteiger partial charge on any atom is -0.487 e. The summed E-state index contributed by atoms with van der Waals surface area (Å²) in [6.07, 6.45) is 2.59. The molecule has 0 saturated carbocycles. The number of benzene rings is 4. The van der Waals surface area contributed by atoms with Crippen LogP contribution in [-0.4, -0.2) is 55.9 Å². The molecule has 1 aromatic heterocycles. The van der Waals surface area contributed by atoms with Crippen molar-refractivity contribution in [3.05, 3.63) is 130 Å². The summed E-state index contributed by atoms with van der Waals surface area (Å²) >= 11 is 0. The monoisotopic (exact) mass is 828 g/mol. The molecule has 312 valence electrons. The average molecular weight is 829 g/mol. The van der Waals surface area contributed by atoms with Gasteiger partial charge in [0.15, 0.2) is 17.1 Å². The largest absolute Gasteiger partial charge is 0.487 e. The van der Waals surface area contributed by atoms with E-state index in [4.69, 9.17) is 13.9 Å². The molecule has 5 rings (SSSR count). The first-order valence-electron chi connectivity index (χ1n) is 19.9. The highest BCUT2D eigenvalue weighted by molar-refractivity contribution is 7.95. The first-order valence-corrected chi connectivity index (χ1v) is 21.9. The van der Waals surface area contributed by atoms with Gasteiger partial charge in [0.2, 0.25) is 17.6 Å². The molecule has 0 aliphatic heterocycles. The second-order valence-corrected chi connectivity index (χ2v) is 18.8. The number of hydrogen-bond donors (Lipinski definition) is 3. The van der Waals surface area contributed by atoms with Crippen LogP contribution in [0.4, 0.5) is 13.6 Å². The Labute approximate surface area is 344 Å². The molecule has 0 spiro atoms. The molecule has 0 saturated heterocycles. The van der Waals surface area contributed by atoms with Gasteiger partial charge in [-0.2, -0.15) is 4.39 Å². The molecule has 10 nitrogen and oxygen atoms in total. The van der Waals surface area contributed by atoms with E-state index < -0.39 is 53.5 Å². The van der Waals surface area contributed by atoms with Gasteiger partial charge in [0, 0.05) is 31.4 Å². The molecule has 3 N–H and O–H groups in total. The number of carbonyl (C=O) groups is 3. The highest BCUT2D eigenvalue weighted by Crippen LogP contribution is 2.56. The van der Waals surface area contributed by atoms with Crippen molar-refractivity contribution in [1.29, 1.82) is 0 Å². The molecule has 0 unspecified atom stereocenters. The third-order valence-electron chi connectivity index (χ3n) is 9.74. The average Bonchev–Trinajstić information content (AvgIpc) is 3.21. The Balaban J connectivity index is 1.07. The number of ether oxygens (including phenoxy) is 2. The third-order valence-corrected chi connectivity index (χ3v) is 14.3. The van der Waals surface area contributed by atoms with Gasteiger partial charge < -0.3 is 29.8 Å². The number of rotatable bonds is 19. The zero-order valence-electron chi connectivity index (χ0n) is 34.1. The predicted molar refractivity (Wildman–Crippen MR) is 230 cm³/mol. The first-order chi connectivity index (χ1) is 28.3. The zero-order chi connectivity index (χ0) is 42.4. The molecule has 0 radical (unpaired) electrons. The number of carbonyl (C=O) groups excluding carboxylic acids is 3. The molecular weight excluding hydrogens is 775 g/mol. The molecule has 5 aromatic rings. The minimum absolute atomic E-state index is 0.00295. The Hall–Kier alpha value is -5.61. The number of hydrogen-bond acceptors (Lipinski definition) is 7. The highest BCUT2D eigenvalue weighted by atomic mass is 31.2. The first kappa shape index (κ1) is 44.5. The van der Waals surface area contributed by atoms with E-state index in [9.17, 15) is 19.2 Å². The summed E-state index contributed by atoms with van der Waals surface area (Å²) in [5, 5.41) is 12.1. The third kappa shape index (κ3) is 12.0. The molecule has 0 bridgehead atoms. The Morgan fingerprint density at radius 2 is 1.27 bits per heavy atom. The summed E-state index contributed by atoms with van der Waals surface area (Å²) < 4.78 is 46.0. The van der Waals surface area contributed by atoms with E-state index in [-0.39, 0.29) is 55.0 Å². The lowest BCUT2D eigenvalue weighted by atomic mass is 10.0. The summed E-state index contributed by atoms with van der Waals surface area (Å²) in [6, 6.07) is 32.9. The van der Waals surface area contributed by atoms with Crippen molar-refractivity contribution in [1.82, 2.24) is 16.0 Å². The van der Waals surface area contributed by atoms with Crippen molar-refractivity contribution < 1.29 is 37.1 Å². The van der Waals surface area contributed by atoms with E-state index in [2.05, 4.69) is 88.7 Å². The maximum Gasteiger partial charge on any atom is 0.407 e. The van der Waals surface area contributed by atoms with E-state index in [0.717, 1.165) is 25.1 Å². The van der Waals surface area contributed by atoms with Crippen molar-refractivity contribution >= 4 is 52.1 Å². The number of alkyl carbamates (subject to hydrolysis) is 1. The van der Waals surface area contributed by atoms with Crippen LogP contribution in [0.15, 0.2) is 106 Å². The van der Waals surface area contributed by atoms with Crippen molar-refractivity contribution in [3.8, 4) is 5.75 Å². The SMILES string of the molecule is Cc1c(CC(=O)NCCCNC(=O)CCCC[P+](c2ccccc2)(c2ccccc2)c2ccccc2)c(=O)oc2c(F)c(OCCCNC(=O)OC(C)(C)C)c(F)cc12. The van der Waals surface area contributed by atoms with Crippen molar-refractivity contribution in [3.63, 3.8) is 0 Å². The van der Waals surface area contributed by atoms with Gasteiger partial charge in [0.05, 0.1) is 24.8 Å². The van der Waals surface area contributed by atoms with Crippen LogP contribution in [0.2, 0.25) is 0 Å². The Morgan fingerprint density at radius 3 is 1.83 bits per heavy atom. The predicted octanol–water partition coefficient (Wildman–Crippen LogP) is 7.00. The van der Waals surface area contributed by atoms with E-state index in [1.54, 1.807) is 20.8 Å². The van der Waals surface area contributed by atoms with Crippen molar-refractivity contribution in [2.45, 2.75) is 71.8 Å². The van der Waals surface area contributed by atoms with Gasteiger partial charge in [-0.1, -0.05) is 54.6 Å². The lowest BCUT2D eigenvalue weighted by Gasteiger charge is -2.27. The molecule has 3 amide bonds. The molecule has 1 heterocycles. The molecule has 4 aromatic carbocycles. The fraction of sp³-hybridized carbons (Fsp3) is 0.348. The summed E-state index contributed by atoms with van der Waals surface area (Å²) in [5.74, 6) is -3.45. The van der Waals surface area contributed by atoms with Gasteiger partial charge in [0.1, 0.15) is 28.8 Å². The fourth-order valence-corrected chi connectivity index (χ4v) is 11.3. The lowest BCUT2D eigenvalue weighted by molar-refractivity contribution is -0.121. The van der Waals surface area contributed by atoms with Gasteiger partial charge >= 0.3 is 11.7 Å². The second-order valence-electron chi connectivity index (χ2n) is 15.2. The quantitative estimate of drug-likeness (QED) is 0.0464. The normalized spacial score (nSPS) is 11.6. The molecule has 0 aliphatic rings. The summed E-state index contributed by atoms with van der Waals surface area (Å²) in [5.41, 5.74) is -1.90. The van der Waals surface area contributed by atoms with E-state index in [1.165, 1.54) is 22.8 Å². The molecular formula is C46H53F2N3O7P+. The van der Waals surface area contributed by atoms with Gasteiger partial charge in [-0.3, -0.25) is 9.59 Å². The Bertz CT molecular complexity index is 2150. The van der Waals surface area contributed by atoms with Crippen LogP contribution >= 0.6 is 7.26 Å². The second kappa shape index (κ2) is 20.9. The number of fused-ring (bicyclic) bond motifs is 1. The number of halogens is 2. The summed E-state index contributed by atoms with van der Waals surface area (Å²) in [4.78, 5) is 50.3.